The first kappa shape index (κ1) is 16.7. The fraction of sp³-hybridized carbons (Fsp3) is 0.611. The Labute approximate surface area is 123 Å². The van der Waals surface area contributed by atoms with E-state index in [0.29, 0.717) is 6.42 Å². The zero-order valence-corrected chi connectivity index (χ0v) is 13.1. The van der Waals surface area contributed by atoms with Crippen LogP contribution < -0.4 is 0 Å². The molecule has 0 heterocycles. The predicted molar refractivity (Wildman–Crippen MR) is 84.0 cm³/mol. The van der Waals surface area contributed by atoms with Gasteiger partial charge in [-0.3, -0.25) is 4.79 Å². The molecule has 0 aromatic heterocycles. The van der Waals surface area contributed by atoms with Gasteiger partial charge in [0.1, 0.15) is 0 Å². The van der Waals surface area contributed by atoms with Gasteiger partial charge < -0.3 is 5.11 Å². The van der Waals surface area contributed by atoms with Gasteiger partial charge in [-0.15, -0.1) is 0 Å². The summed E-state index contributed by atoms with van der Waals surface area (Å²) < 4.78 is 0. The highest BCUT2D eigenvalue weighted by Gasteiger charge is 2.44. The Kier molecular flexibility index (Phi) is 6.77. The van der Waals surface area contributed by atoms with Gasteiger partial charge in [-0.1, -0.05) is 70.4 Å². The molecule has 0 aliphatic rings. The van der Waals surface area contributed by atoms with E-state index in [0.717, 1.165) is 37.7 Å². The Balaban J connectivity index is 3.23. The number of carboxylic acid groups (broad SMARTS) is 1. The van der Waals surface area contributed by atoms with Gasteiger partial charge in [0.25, 0.3) is 0 Å². The van der Waals surface area contributed by atoms with E-state index in [1.165, 1.54) is 0 Å². The maximum absolute atomic E-state index is 12.1. The van der Waals surface area contributed by atoms with Crippen molar-refractivity contribution in [3.05, 3.63) is 35.9 Å². The van der Waals surface area contributed by atoms with E-state index in [4.69, 9.17) is 0 Å². The molecular weight excluding hydrogens is 248 g/mol. The summed E-state index contributed by atoms with van der Waals surface area (Å²) in [4.78, 5) is 12.1. The van der Waals surface area contributed by atoms with E-state index in [1.54, 1.807) is 0 Å². The number of carbonyl (C=O) groups is 1. The second kappa shape index (κ2) is 8.08. The Hall–Kier alpha value is -1.31. The lowest BCUT2D eigenvalue weighted by Gasteiger charge is -2.37. The molecule has 0 saturated carbocycles. The third kappa shape index (κ3) is 3.41. The molecule has 0 fully saturated rings. The largest absolute Gasteiger partial charge is 0.481 e. The third-order valence-electron chi connectivity index (χ3n) is 4.47. The normalized spacial score (nSPS) is 15.6. The van der Waals surface area contributed by atoms with Crippen molar-refractivity contribution >= 4 is 5.97 Å². The van der Waals surface area contributed by atoms with Crippen LogP contribution in [0, 0.1) is 5.92 Å². The zero-order valence-electron chi connectivity index (χ0n) is 13.1. The average molecular weight is 276 g/mol. The first-order chi connectivity index (χ1) is 9.63. The number of hydrogen-bond donors (Lipinski definition) is 1. The van der Waals surface area contributed by atoms with Gasteiger partial charge in [0.15, 0.2) is 0 Å². The minimum Gasteiger partial charge on any atom is -0.481 e. The van der Waals surface area contributed by atoms with Gasteiger partial charge >= 0.3 is 5.97 Å². The Bertz CT molecular complexity index is 399. The van der Waals surface area contributed by atoms with Gasteiger partial charge in [0, 0.05) is 0 Å². The zero-order chi connectivity index (χ0) is 15.0. The van der Waals surface area contributed by atoms with Crippen molar-refractivity contribution in [1.29, 1.82) is 0 Å². The fourth-order valence-corrected chi connectivity index (χ4v) is 3.35. The van der Waals surface area contributed by atoms with Crippen LogP contribution in [0.1, 0.15) is 64.9 Å². The second-order valence-corrected chi connectivity index (χ2v) is 5.62. The van der Waals surface area contributed by atoms with Crippen molar-refractivity contribution in [3.8, 4) is 0 Å². The third-order valence-corrected chi connectivity index (χ3v) is 4.47. The monoisotopic (exact) mass is 276 g/mol. The molecule has 2 nitrogen and oxygen atoms in total. The summed E-state index contributed by atoms with van der Waals surface area (Å²) in [6.45, 7) is 6.32. The maximum atomic E-state index is 12.1. The number of rotatable bonds is 9. The number of benzene rings is 1. The minimum absolute atomic E-state index is 0.220. The molecule has 2 unspecified atom stereocenters. The molecule has 1 rings (SSSR count). The van der Waals surface area contributed by atoms with Gasteiger partial charge in [-0.2, -0.15) is 0 Å². The second-order valence-electron chi connectivity index (χ2n) is 5.62. The standard InChI is InChI=1S/C18H28O2/c1-4-7-12-15(11-5-2)18(6-3,17(19)20)16-13-9-8-10-14-16/h8-10,13-15H,4-7,11-12H2,1-3H3,(H,19,20). The summed E-state index contributed by atoms with van der Waals surface area (Å²) in [7, 11) is 0. The lowest BCUT2D eigenvalue weighted by molar-refractivity contribution is -0.147. The van der Waals surface area contributed by atoms with E-state index in [2.05, 4.69) is 13.8 Å². The Morgan fingerprint density at radius 2 is 1.75 bits per heavy atom. The number of aliphatic carboxylic acids is 1. The average Bonchev–Trinajstić information content (AvgIpc) is 2.46. The first-order valence-corrected chi connectivity index (χ1v) is 7.92. The molecule has 20 heavy (non-hydrogen) atoms. The van der Waals surface area contributed by atoms with Gasteiger partial charge in [0.05, 0.1) is 5.41 Å². The van der Waals surface area contributed by atoms with E-state index in [9.17, 15) is 9.90 Å². The van der Waals surface area contributed by atoms with Crippen molar-refractivity contribution in [1.82, 2.24) is 0 Å². The molecule has 2 atom stereocenters. The quantitative estimate of drug-likeness (QED) is 0.687. The van der Waals surface area contributed by atoms with Crippen LogP contribution in [0.5, 0.6) is 0 Å². The van der Waals surface area contributed by atoms with E-state index < -0.39 is 11.4 Å². The van der Waals surface area contributed by atoms with Gasteiger partial charge in [-0.25, -0.2) is 0 Å². The highest BCUT2D eigenvalue weighted by atomic mass is 16.4. The van der Waals surface area contributed by atoms with E-state index in [-0.39, 0.29) is 5.92 Å². The van der Waals surface area contributed by atoms with Crippen molar-refractivity contribution in [2.24, 2.45) is 5.92 Å². The molecule has 0 amide bonds. The summed E-state index contributed by atoms with van der Waals surface area (Å²) >= 11 is 0. The van der Waals surface area contributed by atoms with Crippen molar-refractivity contribution in [2.75, 3.05) is 0 Å². The highest BCUT2D eigenvalue weighted by Crippen LogP contribution is 2.41. The molecule has 0 aliphatic heterocycles. The number of unbranched alkanes of at least 4 members (excludes halogenated alkanes) is 1. The van der Waals surface area contributed by atoms with Crippen LogP contribution in [-0.4, -0.2) is 11.1 Å². The summed E-state index contributed by atoms with van der Waals surface area (Å²) in [6.07, 6.45) is 5.90. The summed E-state index contributed by atoms with van der Waals surface area (Å²) in [5.41, 5.74) is 0.233. The number of carboxylic acids is 1. The van der Waals surface area contributed by atoms with E-state index >= 15 is 0 Å². The predicted octanol–water partition coefficient (Wildman–Crippen LogP) is 5.03. The Morgan fingerprint density at radius 1 is 1.10 bits per heavy atom. The Morgan fingerprint density at radius 3 is 2.20 bits per heavy atom. The summed E-state index contributed by atoms with van der Waals surface area (Å²) in [5, 5.41) is 9.97. The molecule has 0 radical (unpaired) electrons. The van der Waals surface area contributed by atoms with Crippen molar-refractivity contribution in [2.45, 2.75) is 64.7 Å². The molecule has 1 aromatic carbocycles. The lowest BCUT2D eigenvalue weighted by Crippen LogP contribution is -2.42. The fourth-order valence-electron chi connectivity index (χ4n) is 3.35. The van der Waals surface area contributed by atoms with Crippen molar-refractivity contribution in [3.63, 3.8) is 0 Å². The molecule has 0 spiro atoms. The topological polar surface area (TPSA) is 37.3 Å². The van der Waals surface area contributed by atoms with Gasteiger partial charge in [-0.05, 0) is 30.7 Å². The van der Waals surface area contributed by atoms with Crippen LogP contribution in [0.15, 0.2) is 30.3 Å². The molecular formula is C18H28O2. The first-order valence-electron chi connectivity index (χ1n) is 7.92. The summed E-state index contributed by atoms with van der Waals surface area (Å²) in [5.74, 6) is -0.446. The minimum atomic E-state index is -0.730. The van der Waals surface area contributed by atoms with Gasteiger partial charge in [0.2, 0.25) is 0 Å². The maximum Gasteiger partial charge on any atom is 0.314 e. The molecule has 1 N–H and O–H groups in total. The molecule has 0 bridgehead atoms. The van der Waals surface area contributed by atoms with Crippen molar-refractivity contribution < 1.29 is 9.90 Å². The smallest absolute Gasteiger partial charge is 0.314 e. The van der Waals surface area contributed by atoms with Crippen LogP contribution in [-0.2, 0) is 10.2 Å². The molecule has 1 aromatic rings. The highest BCUT2D eigenvalue weighted by molar-refractivity contribution is 5.81. The van der Waals surface area contributed by atoms with Crippen LogP contribution in [0.2, 0.25) is 0 Å². The molecule has 2 heteroatoms. The van der Waals surface area contributed by atoms with E-state index in [1.807, 2.05) is 37.3 Å². The van der Waals surface area contributed by atoms with Crippen LogP contribution in [0.25, 0.3) is 0 Å². The van der Waals surface area contributed by atoms with Crippen LogP contribution in [0.4, 0.5) is 0 Å². The van der Waals surface area contributed by atoms with Crippen LogP contribution >= 0.6 is 0 Å². The SMILES string of the molecule is CCCCC(CCC)C(CC)(C(=O)O)c1ccccc1. The molecule has 0 saturated heterocycles. The van der Waals surface area contributed by atoms with Crippen LogP contribution in [0.3, 0.4) is 0 Å². The number of hydrogen-bond acceptors (Lipinski definition) is 1. The summed E-state index contributed by atoms with van der Waals surface area (Å²) in [6, 6.07) is 9.81. The molecule has 0 aliphatic carbocycles. The lowest BCUT2D eigenvalue weighted by atomic mass is 9.65. The molecule has 112 valence electrons.